The number of halogens is 2. The topological polar surface area (TPSA) is 67.4 Å². The first-order chi connectivity index (χ1) is 10.4. The van der Waals surface area contributed by atoms with E-state index in [2.05, 4.69) is 15.4 Å². The number of benzene rings is 1. The maximum absolute atomic E-state index is 14.2. The number of methoxy groups -OCH3 is 1. The number of allylic oxidation sites excluding steroid dienone is 1. The number of ketones is 1. The number of esters is 1. The molecule has 22 heavy (non-hydrogen) atoms. The third-order valence-electron chi connectivity index (χ3n) is 3.17. The lowest BCUT2D eigenvalue weighted by Crippen LogP contribution is -2.46. The average Bonchev–Trinajstić information content (AvgIpc) is 2.45. The number of thiocarbonyl (C=S) groups is 1. The molecular weight excluding hydrogens is 331 g/mol. The highest BCUT2D eigenvalue weighted by molar-refractivity contribution is 7.80. The van der Waals surface area contributed by atoms with Crippen LogP contribution in [0.1, 0.15) is 18.5 Å². The highest BCUT2D eigenvalue weighted by Crippen LogP contribution is 2.33. The highest BCUT2D eigenvalue weighted by Gasteiger charge is 2.36. The van der Waals surface area contributed by atoms with E-state index in [4.69, 9.17) is 23.8 Å². The van der Waals surface area contributed by atoms with Gasteiger partial charge < -0.3 is 15.4 Å². The van der Waals surface area contributed by atoms with Gasteiger partial charge in [0, 0.05) is 16.3 Å². The lowest BCUT2D eigenvalue weighted by atomic mass is 9.92. The van der Waals surface area contributed by atoms with Crippen LogP contribution in [0.2, 0.25) is 5.02 Å². The largest absolute Gasteiger partial charge is 0.463 e. The van der Waals surface area contributed by atoms with Crippen molar-refractivity contribution in [1.29, 1.82) is 0 Å². The third kappa shape index (κ3) is 2.95. The van der Waals surface area contributed by atoms with Crippen LogP contribution in [0.25, 0.3) is 0 Å². The van der Waals surface area contributed by atoms with Gasteiger partial charge in [0.05, 0.1) is 18.7 Å². The number of hydrogen-bond donors (Lipinski definition) is 2. The van der Waals surface area contributed by atoms with Crippen LogP contribution in [0, 0.1) is 5.82 Å². The van der Waals surface area contributed by atoms with Crippen LogP contribution in [0.15, 0.2) is 29.5 Å². The van der Waals surface area contributed by atoms with Gasteiger partial charge in [0.2, 0.25) is 0 Å². The Morgan fingerprint density at radius 2 is 2.09 bits per heavy atom. The molecule has 1 aromatic rings. The number of hydrogen-bond acceptors (Lipinski definition) is 4. The lowest BCUT2D eigenvalue weighted by Gasteiger charge is -2.30. The van der Waals surface area contributed by atoms with Gasteiger partial charge in [0.25, 0.3) is 5.78 Å². The summed E-state index contributed by atoms with van der Waals surface area (Å²) in [5.41, 5.74) is 0.385. The summed E-state index contributed by atoms with van der Waals surface area (Å²) in [5.74, 6) is -2.56. The van der Waals surface area contributed by atoms with E-state index >= 15 is 0 Å². The summed E-state index contributed by atoms with van der Waals surface area (Å²) in [6.45, 7) is 1.56. The van der Waals surface area contributed by atoms with Gasteiger partial charge in [0.1, 0.15) is 5.82 Å². The zero-order valence-corrected chi connectivity index (χ0v) is 13.3. The van der Waals surface area contributed by atoms with E-state index in [-0.39, 0.29) is 21.3 Å². The predicted molar refractivity (Wildman–Crippen MR) is 82.7 cm³/mol. The van der Waals surface area contributed by atoms with E-state index in [0.717, 1.165) is 7.11 Å². The fourth-order valence-electron chi connectivity index (χ4n) is 2.20. The van der Waals surface area contributed by atoms with Gasteiger partial charge in [-0.05, 0) is 31.3 Å². The molecule has 0 fully saturated rings. The summed E-state index contributed by atoms with van der Waals surface area (Å²) in [7, 11) is 1.09. The summed E-state index contributed by atoms with van der Waals surface area (Å²) >= 11 is 11.1. The minimum absolute atomic E-state index is 0.00690. The van der Waals surface area contributed by atoms with Gasteiger partial charge >= 0.3 is 5.97 Å². The molecule has 8 heteroatoms. The molecule has 1 aliphatic heterocycles. The number of rotatable bonds is 3. The van der Waals surface area contributed by atoms with E-state index in [0.29, 0.717) is 5.70 Å². The Hall–Kier alpha value is -1.99. The first kappa shape index (κ1) is 16.4. The minimum Gasteiger partial charge on any atom is -0.463 e. The molecule has 0 saturated carbocycles. The Morgan fingerprint density at radius 1 is 1.41 bits per heavy atom. The molecule has 0 radical (unpaired) electrons. The molecule has 5 nitrogen and oxygen atoms in total. The first-order valence-electron chi connectivity index (χ1n) is 6.21. The van der Waals surface area contributed by atoms with E-state index in [1.54, 1.807) is 6.92 Å². The molecule has 1 aliphatic rings. The van der Waals surface area contributed by atoms with Crippen molar-refractivity contribution in [3.8, 4) is 0 Å². The Kier molecular flexibility index (Phi) is 4.77. The smallest absolute Gasteiger partial charge is 0.379 e. The number of nitrogens with one attached hydrogen (secondary N) is 2. The predicted octanol–water partition coefficient (Wildman–Crippen LogP) is 2.01. The lowest BCUT2D eigenvalue weighted by molar-refractivity contribution is -0.150. The summed E-state index contributed by atoms with van der Waals surface area (Å²) in [4.78, 5) is 23.8. The van der Waals surface area contributed by atoms with Gasteiger partial charge in [-0.2, -0.15) is 0 Å². The Morgan fingerprint density at radius 3 is 2.68 bits per heavy atom. The van der Waals surface area contributed by atoms with Gasteiger partial charge in [-0.15, -0.1) is 0 Å². The summed E-state index contributed by atoms with van der Waals surface area (Å²) < 4.78 is 18.6. The molecule has 0 aliphatic carbocycles. The van der Waals surface area contributed by atoms with Gasteiger partial charge in [0.15, 0.2) is 5.11 Å². The van der Waals surface area contributed by atoms with E-state index < -0.39 is 23.6 Å². The fraction of sp³-hybridized carbons (Fsp3) is 0.214. The molecule has 1 aromatic carbocycles. The van der Waals surface area contributed by atoms with Crippen molar-refractivity contribution < 1.29 is 18.7 Å². The van der Waals surface area contributed by atoms with Crippen molar-refractivity contribution in [2.45, 2.75) is 13.0 Å². The Labute approximate surface area is 136 Å². The number of carbonyl (C=O) groups excluding carboxylic acids is 2. The van der Waals surface area contributed by atoms with Gasteiger partial charge in [-0.3, -0.25) is 4.79 Å². The van der Waals surface area contributed by atoms with Crippen LogP contribution >= 0.6 is 23.8 Å². The number of Topliss-reactive ketones (excluding diaryl/α,β-unsaturated/α-hetero) is 1. The van der Waals surface area contributed by atoms with Gasteiger partial charge in [-0.1, -0.05) is 17.7 Å². The minimum atomic E-state index is -1.05. The molecule has 116 valence electrons. The van der Waals surface area contributed by atoms with Crippen LogP contribution in [-0.4, -0.2) is 24.0 Å². The van der Waals surface area contributed by atoms with E-state index in [9.17, 15) is 14.0 Å². The molecule has 0 unspecified atom stereocenters. The molecule has 0 saturated heterocycles. The van der Waals surface area contributed by atoms with Crippen LogP contribution in [0.5, 0.6) is 0 Å². The van der Waals surface area contributed by atoms with Crippen LogP contribution in [0.4, 0.5) is 4.39 Å². The quantitative estimate of drug-likeness (QED) is 0.497. The third-order valence-corrected chi connectivity index (χ3v) is 3.72. The summed E-state index contributed by atoms with van der Waals surface area (Å²) in [5, 5.41) is 5.81. The maximum Gasteiger partial charge on any atom is 0.379 e. The highest BCUT2D eigenvalue weighted by atomic mass is 35.5. The van der Waals surface area contributed by atoms with Crippen molar-refractivity contribution in [2.24, 2.45) is 0 Å². The second-order valence-electron chi connectivity index (χ2n) is 4.53. The second-order valence-corrected chi connectivity index (χ2v) is 5.34. The molecule has 0 spiro atoms. The van der Waals surface area contributed by atoms with Gasteiger partial charge in [-0.25, -0.2) is 9.18 Å². The van der Waals surface area contributed by atoms with Crippen LogP contribution in [0.3, 0.4) is 0 Å². The molecule has 0 bridgehead atoms. The van der Waals surface area contributed by atoms with Crippen molar-refractivity contribution in [3.05, 3.63) is 45.9 Å². The number of carbonyl (C=O) groups is 2. The maximum atomic E-state index is 14.2. The Balaban J connectivity index is 2.61. The van der Waals surface area contributed by atoms with E-state index in [1.165, 1.54) is 18.2 Å². The second kappa shape index (κ2) is 6.41. The van der Waals surface area contributed by atoms with Crippen LogP contribution in [-0.2, 0) is 14.3 Å². The number of ether oxygens (including phenoxy) is 1. The van der Waals surface area contributed by atoms with Crippen molar-refractivity contribution >= 4 is 40.7 Å². The molecule has 1 heterocycles. The SMILES string of the molecule is COC(=O)C(=O)C1=C(C)NC(=S)N[C@H]1c1c(F)cccc1Cl. The fourth-order valence-corrected chi connectivity index (χ4v) is 2.74. The molecule has 1 atom stereocenters. The molecule has 2 N–H and O–H groups in total. The normalized spacial score (nSPS) is 17.6. The first-order valence-corrected chi connectivity index (χ1v) is 7.00. The zero-order chi connectivity index (χ0) is 16.4. The summed E-state index contributed by atoms with van der Waals surface area (Å²) in [6, 6.07) is 3.17. The van der Waals surface area contributed by atoms with Crippen molar-refractivity contribution in [1.82, 2.24) is 10.6 Å². The van der Waals surface area contributed by atoms with Crippen molar-refractivity contribution in [2.75, 3.05) is 7.11 Å². The van der Waals surface area contributed by atoms with Crippen LogP contribution < -0.4 is 10.6 Å². The zero-order valence-electron chi connectivity index (χ0n) is 11.7. The Bertz CT molecular complexity index is 685. The monoisotopic (exact) mass is 342 g/mol. The molecule has 2 rings (SSSR count). The van der Waals surface area contributed by atoms with Crippen molar-refractivity contribution in [3.63, 3.8) is 0 Å². The average molecular weight is 343 g/mol. The van der Waals surface area contributed by atoms with E-state index in [1.807, 2.05) is 0 Å². The molecule has 0 amide bonds. The molecular formula is C14H12ClFN2O3S. The standard InChI is InChI=1S/C14H12ClFN2O3S/c1-6-9(12(19)13(20)21-2)11(18-14(22)17-6)10-7(15)4-3-5-8(10)16/h3-5,11H,1-2H3,(H2,17,18,22)/t11-/m1/s1. The summed E-state index contributed by atoms with van der Waals surface area (Å²) in [6.07, 6.45) is 0. The molecule has 0 aromatic heterocycles.